The zero-order valence-electron chi connectivity index (χ0n) is 18.9. The van der Waals surface area contributed by atoms with Gasteiger partial charge >= 0.3 is 0 Å². The third kappa shape index (κ3) is 3.66. The Kier molecular flexibility index (Phi) is 5.00. The van der Waals surface area contributed by atoms with Crippen molar-refractivity contribution in [1.82, 2.24) is 0 Å². The van der Waals surface area contributed by atoms with Gasteiger partial charge in [-0.2, -0.15) is 5.26 Å². The van der Waals surface area contributed by atoms with Crippen molar-refractivity contribution < 1.29 is 14.3 Å². The second-order valence-corrected chi connectivity index (χ2v) is 9.99. The number of amides is 1. The molecule has 2 aliphatic heterocycles. The average molecular weight is 432 g/mol. The lowest BCUT2D eigenvalue weighted by molar-refractivity contribution is -0.119. The highest BCUT2D eigenvalue weighted by Crippen LogP contribution is 2.45. The highest BCUT2D eigenvalue weighted by atomic mass is 16.7. The zero-order chi connectivity index (χ0) is 22.5. The molecule has 6 heteroatoms. The molecule has 0 spiro atoms. The molecule has 3 aliphatic rings. The summed E-state index contributed by atoms with van der Waals surface area (Å²) in [5.74, 6) is 1.61. The number of nitriles is 1. The molecule has 0 N–H and O–H groups in total. The van der Waals surface area contributed by atoms with Gasteiger partial charge in [0.1, 0.15) is 0 Å². The maximum atomic E-state index is 13.3. The summed E-state index contributed by atoms with van der Waals surface area (Å²) in [7, 11) is 0. The minimum Gasteiger partial charge on any atom is -0.454 e. The molecule has 0 bridgehead atoms. The van der Waals surface area contributed by atoms with E-state index in [4.69, 9.17) is 14.7 Å². The standard InChI is InChI=1S/C26H29N3O3/c1-26(2,3)24-14-18-13-19(7-9-21(18)28(24)12-4-11-27)29(25(30)17-5-6-17)20-8-10-22-23(15-20)32-16-31-22/h7-10,13,15,17,24H,4-6,12,14,16H2,1-3H3. The van der Waals surface area contributed by atoms with Gasteiger partial charge in [-0.25, -0.2) is 0 Å². The fourth-order valence-corrected chi connectivity index (χ4v) is 4.80. The summed E-state index contributed by atoms with van der Waals surface area (Å²) in [6, 6.07) is 14.6. The van der Waals surface area contributed by atoms with Crippen molar-refractivity contribution in [2.24, 2.45) is 11.3 Å². The Hall–Kier alpha value is -3.20. The van der Waals surface area contributed by atoms with Crippen molar-refractivity contribution in [3.63, 3.8) is 0 Å². The van der Waals surface area contributed by atoms with Crippen molar-refractivity contribution in [3.05, 3.63) is 42.0 Å². The van der Waals surface area contributed by atoms with Gasteiger partial charge in [-0.05, 0) is 60.6 Å². The van der Waals surface area contributed by atoms with Crippen molar-refractivity contribution in [2.45, 2.75) is 52.5 Å². The molecule has 1 unspecified atom stereocenters. The van der Waals surface area contributed by atoms with E-state index in [0.717, 1.165) is 37.2 Å². The zero-order valence-corrected chi connectivity index (χ0v) is 18.9. The van der Waals surface area contributed by atoms with Crippen LogP contribution in [0.15, 0.2) is 36.4 Å². The quantitative estimate of drug-likeness (QED) is 0.653. The van der Waals surface area contributed by atoms with Gasteiger partial charge in [0.05, 0.1) is 18.2 Å². The number of anilines is 3. The Morgan fingerprint density at radius 3 is 2.56 bits per heavy atom. The third-order valence-corrected chi connectivity index (χ3v) is 6.65. The van der Waals surface area contributed by atoms with E-state index in [0.29, 0.717) is 24.0 Å². The van der Waals surface area contributed by atoms with Crippen LogP contribution in [-0.4, -0.2) is 25.3 Å². The van der Waals surface area contributed by atoms with E-state index in [1.54, 1.807) is 0 Å². The first-order chi connectivity index (χ1) is 15.4. The lowest BCUT2D eigenvalue weighted by Gasteiger charge is -2.36. The van der Waals surface area contributed by atoms with E-state index in [9.17, 15) is 4.79 Å². The van der Waals surface area contributed by atoms with Gasteiger partial charge in [-0.1, -0.05) is 20.8 Å². The molecule has 2 heterocycles. The lowest BCUT2D eigenvalue weighted by atomic mass is 9.84. The second-order valence-electron chi connectivity index (χ2n) is 9.99. The van der Waals surface area contributed by atoms with Crippen LogP contribution in [0.2, 0.25) is 0 Å². The van der Waals surface area contributed by atoms with Crippen LogP contribution in [0.25, 0.3) is 0 Å². The van der Waals surface area contributed by atoms with E-state index in [1.807, 2.05) is 29.2 Å². The summed E-state index contributed by atoms with van der Waals surface area (Å²) >= 11 is 0. The topological polar surface area (TPSA) is 65.8 Å². The van der Waals surface area contributed by atoms with Gasteiger partial charge in [0, 0.05) is 35.9 Å². The van der Waals surface area contributed by atoms with Crippen molar-refractivity contribution in [3.8, 4) is 17.6 Å². The molecule has 166 valence electrons. The molecule has 2 aromatic carbocycles. The monoisotopic (exact) mass is 431 g/mol. The highest BCUT2D eigenvalue weighted by Gasteiger charge is 2.39. The number of rotatable bonds is 5. The summed E-state index contributed by atoms with van der Waals surface area (Å²) in [5.41, 5.74) is 4.17. The first-order valence-corrected chi connectivity index (χ1v) is 11.4. The normalized spacial score (nSPS) is 18.9. The predicted molar refractivity (Wildman–Crippen MR) is 123 cm³/mol. The molecule has 0 radical (unpaired) electrons. The second kappa shape index (κ2) is 7.74. The smallest absolute Gasteiger partial charge is 0.234 e. The minimum absolute atomic E-state index is 0.0789. The van der Waals surface area contributed by atoms with E-state index < -0.39 is 0 Å². The fourth-order valence-electron chi connectivity index (χ4n) is 4.80. The number of nitrogens with zero attached hydrogens (tertiary/aromatic N) is 3. The molecule has 2 aromatic rings. The largest absolute Gasteiger partial charge is 0.454 e. The van der Waals surface area contributed by atoms with Crippen LogP contribution in [0, 0.1) is 22.7 Å². The molecular formula is C26H29N3O3. The Morgan fingerprint density at radius 1 is 1.12 bits per heavy atom. The van der Waals surface area contributed by atoms with Crippen molar-refractivity contribution in [2.75, 3.05) is 23.1 Å². The number of ether oxygens (including phenoxy) is 2. The van der Waals surface area contributed by atoms with Crippen molar-refractivity contribution >= 4 is 23.0 Å². The van der Waals surface area contributed by atoms with E-state index >= 15 is 0 Å². The maximum Gasteiger partial charge on any atom is 0.234 e. The average Bonchev–Trinajstić information content (AvgIpc) is 3.39. The van der Waals surface area contributed by atoms with Gasteiger partial charge in [0.25, 0.3) is 0 Å². The summed E-state index contributed by atoms with van der Waals surface area (Å²) in [5, 5.41) is 9.15. The first kappa shape index (κ1) is 20.7. The van der Waals surface area contributed by atoms with Crippen LogP contribution in [0.5, 0.6) is 11.5 Å². The van der Waals surface area contributed by atoms with Crippen LogP contribution in [-0.2, 0) is 11.2 Å². The van der Waals surface area contributed by atoms with E-state index in [-0.39, 0.29) is 24.0 Å². The Balaban J connectivity index is 1.53. The first-order valence-electron chi connectivity index (χ1n) is 11.4. The Morgan fingerprint density at radius 2 is 1.84 bits per heavy atom. The van der Waals surface area contributed by atoms with Crippen LogP contribution >= 0.6 is 0 Å². The van der Waals surface area contributed by atoms with Crippen LogP contribution in [0.3, 0.4) is 0 Å². The summed E-state index contributed by atoms with van der Waals surface area (Å²) < 4.78 is 11.0. The number of carbonyl (C=O) groups excluding carboxylic acids is 1. The molecule has 0 aromatic heterocycles. The van der Waals surface area contributed by atoms with Crippen LogP contribution in [0.4, 0.5) is 17.1 Å². The predicted octanol–water partition coefficient (Wildman–Crippen LogP) is 5.18. The molecule has 32 heavy (non-hydrogen) atoms. The minimum atomic E-state index is 0.0789. The number of carbonyl (C=O) groups is 1. The molecule has 6 nitrogen and oxygen atoms in total. The number of benzene rings is 2. The van der Waals surface area contributed by atoms with Gasteiger partial charge in [-0.3, -0.25) is 9.69 Å². The van der Waals surface area contributed by atoms with Gasteiger partial charge in [0.2, 0.25) is 12.7 Å². The molecule has 5 rings (SSSR count). The van der Waals surface area contributed by atoms with Gasteiger partial charge < -0.3 is 14.4 Å². The number of hydrogen-bond donors (Lipinski definition) is 0. The molecule has 0 saturated heterocycles. The fraction of sp³-hybridized carbons (Fsp3) is 0.462. The van der Waals surface area contributed by atoms with Gasteiger partial charge in [-0.15, -0.1) is 0 Å². The molecular weight excluding hydrogens is 402 g/mol. The van der Waals surface area contributed by atoms with Crippen LogP contribution in [0.1, 0.15) is 45.6 Å². The summed E-state index contributed by atoms with van der Waals surface area (Å²) in [6.45, 7) is 7.68. The summed E-state index contributed by atoms with van der Waals surface area (Å²) in [4.78, 5) is 17.6. The number of fused-ring (bicyclic) bond motifs is 2. The van der Waals surface area contributed by atoms with E-state index in [2.05, 4.69) is 43.9 Å². The maximum absolute atomic E-state index is 13.3. The van der Waals surface area contributed by atoms with Gasteiger partial charge in [0.15, 0.2) is 11.5 Å². The third-order valence-electron chi connectivity index (χ3n) is 6.65. The van der Waals surface area contributed by atoms with E-state index in [1.165, 1.54) is 11.3 Å². The Labute approximate surface area is 189 Å². The highest BCUT2D eigenvalue weighted by molar-refractivity contribution is 6.03. The molecule has 1 saturated carbocycles. The molecule has 1 amide bonds. The van der Waals surface area contributed by atoms with Crippen LogP contribution < -0.4 is 19.3 Å². The summed E-state index contributed by atoms with van der Waals surface area (Å²) in [6.07, 6.45) is 3.29. The lowest BCUT2D eigenvalue weighted by Crippen LogP contribution is -2.42. The number of hydrogen-bond acceptors (Lipinski definition) is 5. The SMILES string of the molecule is CC(C)(C)C1Cc2cc(N(C(=O)C3CC3)c3ccc4c(c3)OCO4)ccc2N1CCC#N. The van der Waals surface area contributed by atoms with Crippen molar-refractivity contribution in [1.29, 1.82) is 5.26 Å². The molecule has 1 atom stereocenters. The Bertz CT molecular complexity index is 1090. The molecule has 1 fully saturated rings. The molecule has 1 aliphatic carbocycles.